The first kappa shape index (κ1) is 22.2. The highest BCUT2D eigenvalue weighted by atomic mass is 79.9. The Bertz CT molecular complexity index is 1320. The molecule has 34 heavy (non-hydrogen) atoms. The summed E-state index contributed by atoms with van der Waals surface area (Å²) in [4.78, 5) is 41.6. The van der Waals surface area contributed by atoms with Crippen LogP contribution in [-0.4, -0.2) is 35.9 Å². The number of benzene rings is 3. The minimum atomic E-state index is -1.11. The van der Waals surface area contributed by atoms with E-state index in [0.717, 1.165) is 11.0 Å². The predicted octanol–water partition coefficient (Wildman–Crippen LogP) is 3.86. The van der Waals surface area contributed by atoms with Crippen LogP contribution < -0.4 is 15.1 Å². The number of imide groups is 1. The van der Waals surface area contributed by atoms with Crippen molar-refractivity contribution in [1.82, 2.24) is 10.4 Å². The minimum Gasteiger partial charge on any atom is -0.496 e. The monoisotopic (exact) mass is 523 g/mol. The van der Waals surface area contributed by atoms with Crippen molar-refractivity contribution < 1.29 is 23.5 Å². The fraction of sp³-hybridized carbons (Fsp3) is 0.160. The van der Waals surface area contributed by atoms with Crippen molar-refractivity contribution in [3.63, 3.8) is 0 Å². The number of nitrogens with one attached hydrogen (secondary N) is 1. The minimum absolute atomic E-state index is 0.123. The fourth-order valence-electron chi connectivity index (χ4n) is 4.59. The summed E-state index contributed by atoms with van der Waals surface area (Å²) < 4.78 is 20.1. The number of ether oxygens (including phenoxy) is 1. The first-order valence-corrected chi connectivity index (χ1v) is 11.3. The summed E-state index contributed by atoms with van der Waals surface area (Å²) in [6.07, 6.45) is 0. The highest BCUT2D eigenvalue weighted by Crippen LogP contribution is 2.44. The van der Waals surface area contributed by atoms with Crippen LogP contribution >= 0.6 is 15.9 Å². The lowest BCUT2D eigenvalue weighted by atomic mass is 9.90. The summed E-state index contributed by atoms with van der Waals surface area (Å²) in [5, 5.41) is 1.21. The van der Waals surface area contributed by atoms with Gasteiger partial charge in [0.2, 0.25) is 5.91 Å². The molecule has 1 N–H and O–H groups in total. The van der Waals surface area contributed by atoms with E-state index in [0.29, 0.717) is 21.3 Å². The largest absolute Gasteiger partial charge is 0.496 e. The molecule has 0 spiro atoms. The lowest BCUT2D eigenvalue weighted by molar-refractivity contribution is -0.123. The number of halogens is 2. The fourth-order valence-corrected chi connectivity index (χ4v) is 4.99. The topological polar surface area (TPSA) is 79.0 Å². The zero-order valence-corrected chi connectivity index (χ0v) is 19.5. The summed E-state index contributed by atoms with van der Waals surface area (Å²) in [5.41, 5.74) is 4.19. The molecule has 2 fully saturated rings. The molecule has 2 saturated heterocycles. The number of fused-ring (bicyclic) bond motifs is 1. The second kappa shape index (κ2) is 8.66. The van der Waals surface area contributed by atoms with E-state index in [2.05, 4.69) is 21.4 Å². The number of methoxy groups -OCH3 is 1. The number of anilines is 1. The normalized spacial score (nSPS) is 21.7. The average molecular weight is 524 g/mol. The van der Waals surface area contributed by atoms with Crippen LogP contribution in [-0.2, 0) is 9.59 Å². The maximum absolute atomic E-state index is 13.9. The molecular weight excluding hydrogens is 505 g/mol. The van der Waals surface area contributed by atoms with Crippen molar-refractivity contribution in [2.24, 2.45) is 5.92 Å². The van der Waals surface area contributed by atoms with Gasteiger partial charge in [0.1, 0.15) is 17.6 Å². The number of carbonyl (C=O) groups excluding carboxylic acids is 3. The smallest absolute Gasteiger partial charge is 0.268 e. The number of nitrogens with zero attached hydrogens (tertiary/aromatic N) is 2. The molecule has 0 radical (unpaired) electrons. The molecule has 0 saturated carbocycles. The van der Waals surface area contributed by atoms with E-state index in [-0.39, 0.29) is 5.69 Å². The van der Waals surface area contributed by atoms with Gasteiger partial charge in [-0.25, -0.2) is 14.7 Å². The molecule has 0 bridgehead atoms. The second-order valence-corrected chi connectivity index (χ2v) is 8.91. The molecule has 0 aromatic heterocycles. The van der Waals surface area contributed by atoms with Crippen molar-refractivity contribution in [3.8, 4) is 5.75 Å². The van der Waals surface area contributed by atoms with Gasteiger partial charge in [-0.2, -0.15) is 0 Å². The van der Waals surface area contributed by atoms with Crippen molar-refractivity contribution in [2.45, 2.75) is 12.1 Å². The van der Waals surface area contributed by atoms with Crippen LogP contribution in [0.2, 0.25) is 0 Å². The van der Waals surface area contributed by atoms with Crippen LogP contribution in [0, 0.1) is 11.7 Å². The zero-order valence-electron chi connectivity index (χ0n) is 17.9. The number of amides is 3. The molecule has 3 aromatic rings. The first-order chi connectivity index (χ1) is 16.4. The number of hydrogen-bond donors (Lipinski definition) is 1. The summed E-state index contributed by atoms with van der Waals surface area (Å²) in [6.45, 7) is 0. The first-order valence-electron chi connectivity index (χ1n) is 10.5. The van der Waals surface area contributed by atoms with Gasteiger partial charge in [-0.1, -0.05) is 46.3 Å². The van der Waals surface area contributed by atoms with E-state index in [1.807, 2.05) is 0 Å². The summed E-state index contributed by atoms with van der Waals surface area (Å²) >= 11 is 3.36. The van der Waals surface area contributed by atoms with Gasteiger partial charge >= 0.3 is 0 Å². The van der Waals surface area contributed by atoms with Crippen LogP contribution in [0.4, 0.5) is 10.1 Å². The Kier molecular flexibility index (Phi) is 5.66. The van der Waals surface area contributed by atoms with Gasteiger partial charge in [0.05, 0.1) is 24.8 Å². The molecular formula is C25H19BrFN3O4. The SMILES string of the molecule is COc1ccccc1[C@@H]1NN(C(=O)c2cccc(Br)c2)[C@@H]2C(=O)N(c3cccc(F)c3)C(=O)[C@H]21. The Balaban J connectivity index is 1.61. The third-order valence-electron chi connectivity index (χ3n) is 6.07. The third kappa shape index (κ3) is 3.57. The molecule has 3 amide bonds. The highest BCUT2D eigenvalue weighted by molar-refractivity contribution is 9.10. The molecule has 3 atom stereocenters. The number of carbonyl (C=O) groups is 3. The molecule has 9 heteroatoms. The zero-order chi connectivity index (χ0) is 24.0. The van der Waals surface area contributed by atoms with Gasteiger partial charge in [-0.05, 0) is 42.5 Å². The van der Waals surface area contributed by atoms with E-state index in [4.69, 9.17) is 4.74 Å². The van der Waals surface area contributed by atoms with Crippen LogP contribution in [0.1, 0.15) is 22.0 Å². The maximum Gasteiger partial charge on any atom is 0.268 e. The number of para-hydroxylation sites is 1. The number of hydrogen-bond acceptors (Lipinski definition) is 5. The molecule has 2 aliphatic heterocycles. The van der Waals surface area contributed by atoms with Gasteiger partial charge < -0.3 is 4.74 Å². The van der Waals surface area contributed by atoms with Crippen LogP contribution in [0.3, 0.4) is 0 Å². The molecule has 172 valence electrons. The van der Waals surface area contributed by atoms with Crippen LogP contribution in [0.25, 0.3) is 0 Å². The molecule has 3 aromatic carbocycles. The molecule has 2 aliphatic rings. The third-order valence-corrected chi connectivity index (χ3v) is 6.56. The van der Waals surface area contributed by atoms with Crippen LogP contribution in [0.15, 0.2) is 77.3 Å². The Morgan fingerprint density at radius 1 is 1.00 bits per heavy atom. The molecule has 0 aliphatic carbocycles. The quantitative estimate of drug-likeness (QED) is 0.525. The number of rotatable bonds is 4. The van der Waals surface area contributed by atoms with E-state index >= 15 is 0 Å². The lowest BCUT2D eigenvalue weighted by Crippen LogP contribution is -2.48. The predicted molar refractivity (Wildman–Crippen MR) is 125 cm³/mol. The Hall–Kier alpha value is -3.56. The molecule has 5 rings (SSSR count). The average Bonchev–Trinajstić information content (AvgIpc) is 3.35. The van der Waals surface area contributed by atoms with Crippen molar-refractivity contribution in [2.75, 3.05) is 12.0 Å². The van der Waals surface area contributed by atoms with Gasteiger partial charge in [0, 0.05) is 15.6 Å². The standard InChI is InChI=1S/C25H19BrFN3O4/c1-34-19-11-3-2-10-18(19)21-20-22(30(28-21)23(31)14-6-4-7-15(26)12-14)25(33)29(24(20)32)17-9-5-8-16(27)13-17/h2-13,20-22,28H,1H3/t20-,21-,22-/m0/s1. The van der Waals surface area contributed by atoms with Gasteiger partial charge in [-0.3, -0.25) is 19.4 Å². The number of hydrazine groups is 1. The van der Waals surface area contributed by atoms with Crippen LogP contribution in [0.5, 0.6) is 5.75 Å². The van der Waals surface area contributed by atoms with E-state index in [1.54, 1.807) is 48.5 Å². The summed E-state index contributed by atoms with van der Waals surface area (Å²) in [6, 6.07) is 17.3. The Morgan fingerprint density at radius 3 is 2.50 bits per heavy atom. The Morgan fingerprint density at radius 2 is 1.76 bits per heavy atom. The Labute approximate surface area is 203 Å². The summed E-state index contributed by atoms with van der Waals surface area (Å²) in [7, 11) is 1.51. The van der Waals surface area contributed by atoms with Gasteiger partial charge in [0.15, 0.2) is 0 Å². The highest BCUT2D eigenvalue weighted by Gasteiger charge is 2.60. The summed E-state index contributed by atoms with van der Waals surface area (Å²) in [5.74, 6) is -2.57. The lowest BCUT2D eigenvalue weighted by Gasteiger charge is -2.25. The van der Waals surface area contributed by atoms with Crippen molar-refractivity contribution >= 4 is 39.3 Å². The van der Waals surface area contributed by atoms with E-state index in [9.17, 15) is 18.8 Å². The molecule has 0 unspecified atom stereocenters. The van der Waals surface area contributed by atoms with E-state index in [1.165, 1.54) is 30.3 Å². The molecule has 2 heterocycles. The van der Waals surface area contributed by atoms with E-state index < -0.39 is 41.5 Å². The van der Waals surface area contributed by atoms with Crippen molar-refractivity contribution in [1.29, 1.82) is 0 Å². The van der Waals surface area contributed by atoms with Gasteiger partial charge in [0.25, 0.3) is 11.8 Å². The molecule has 7 nitrogen and oxygen atoms in total. The van der Waals surface area contributed by atoms with Gasteiger partial charge in [-0.15, -0.1) is 0 Å². The maximum atomic E-state index is 13.9. The second-order valence-electron chi connectivity index (χ2n) is 8.00. The van der Waals surface area contributed by atoms with Crippen molar-refractivity contribution in [3.05, 3.63) is 94.2 Å².